The van der Waals surface area contributed by atoms with Crippen molar-refractivity contribution < 1.29 is 10.2 Å². The van der Waals surface area contributed by atoms with Gasteiger partial charge in [0, 0.05) is 23.5 Å². The van der Waals surface area contributed by atoms with Crippen molar-refractivity contribution in [1.82, 2.24) is 5.32 Å². The van der Waals surface area contributed by atoms with Gasteiger partial charge in [-0.25, -0.2) is 0 Å². The summed E-state index contributed by atoms with van der Waals surface area (Å²) in [6, 6.07) is 18.2. The Balaban J connectivity index is 2.26. The predicted octanol–water partition coefficient (Wildman–Crippen LogP) is 4.19. The second-order valence-electron chi connectivity index (χ2n) is 6.38. The van der Waals surface area contributed by atoms with Gasteiger partial charge in [-0.15, -0.1) is 0 Å². The van der Waals surface area contributed by atoms with Crippen LogP contribution in [0, 0.1) is 0 Å². The lowest BCUT2D eigenvalue weighted by Crippen LogP contribution is -2.39. The molecule has 0 aliphatic heterocycles. The van der Waals surface area contributed by atoms with E-state index in [9.17, 15) is 5.11 Å². The molecular formula is C21H28BrNO2. The monoisotopic (exact) mass is 405 g/mol. The van der Waals surface area contributed by atoms with E-state index in [0.29, 0.717) is 13.0 Å². The third-order valence-electron chi connectivity index (χ3n) is 4.77. The van der Waals surface area contributed by atoms with Gasteiger partial charge in [-0.1, -0.05) is 65.3 Å². The fraction of sp³-hybridized carbons (Fsp3) is 0.429. The second-order valence-corrected chi connectivity index (χ2v) is 7.30. The highest BCUT2D eigenvalue weighted by Gasteiger charge is 2.37. The van der Waals surface area contributed by atoms with Crippen molar-refractivity contribution in [3.63, 3.8) is 0 Å². The molecule has 2 aromatic carbocycles. The van der Waals surface area contributed by atoms with Crippen LogP contribution < -0.4 is 5.32 Å². The molecule has 2 aromatic rings. The van der Waals surface area contributed by atoms with Gasteiger partial charge in [-0.05, 0) is 49.1 Å². The molecule has 3 N–H and O–H groups in total. The first-order chi connectivity index (χ1) is 12.1. The summed E-state index contributed by atoms with van der Waals surface area (Å²) in [6.45, 7) is 3.78. The van der Waals surface area contributed by atoms with Crippen LogP contribution in [0.2, 0.25) is 0 Å². The van der Waals surface area contributed by atoms with Crippen molar-refractivity contribution in [3.05, 3.63) is 70.2 Å². The first-order valence-electron chi connectivity index (χ1n) is 8.96. The highest BCUT2D eigenvalue weighted by Crippen LogP contribution is 2.39. The molecule has 0 saturated heterocycles. The van der Waals surface area contributed by atoms with Crippen molar-refractivity contribution in [3.8, 4) is 0 Å². The molecule has 0 amide bonds. The minimum absolute atomic E-state index is 0.0472. The van der Waals surface area contributed by atoms with Gasteiger partial charge in [0.2, 0.25) is 0 Å². The zero-order valence-corrected chi connectivity index (χ0v) is 16.4. The third kappa shape index (κ3) is 5.38. The number of hydrogen-bond donors (Lipinski definition) is 3. The standard InChI is InChI=1S/C21H28BrNO2/c1-2-21(25,18-10-12-19(22)13-11-18)20(16-23-14-6-7-15-24)17-8-4-3-5-9-17/h3-5,8-13,20,23-25H,2,6-7,14-16H2,1H3/t20-,21-/m1/s1. The molecule has 0 saturated carbocycles. The van der Waals surface area contributed by atoms with Crippen LogP contribution in [-0.4, -0.2) is 29.9 Å². The quantitative estimate of drug-likeness (QED) is 0.519. The summed E-state index contributed by atoms with van der Waals surface area (Å²) in [5.41, 5.74) is 1.13. The van der Waals surface area contributed by atoms with E-state index in [1.165, 1.54) is 0 Å². The number of aliphatic hydroxyl groups is 2. The van der Waals surface area contributed by atoms with Gasteiger partial charge in [-0.3, -0.25) is 0 Å². The summed E-state index contributed by atoms with van der Waals surface area (Å²) < 4.78 is 1.01. The van der Waals surface area contributed by atoms with Crippen molar-refractivity contribution in [2.45, 2.75) is 37.7 Å². The molecule has 0 fully saturated rings. The largest absolute Gasteiger partial charge is 0.396 e. The van der Waals surface area contributed by atoms with Crippen molar-refractivity contribution >= 4 is 15.9 Å². The van der Waals surface area contributed by atoms with Crippen LogP contribution in [-0.2, 0) is 5.60 Å². The zero-order chi connectivity index (χ0) is 18.1. The first kappa shape index (κ1) is 20.1. The number of unbranched alkanes of at least 4 members (excludes halogenated alkanes) is 1. The highest BCUT2D eigenvalue weighted by molar-refractivity contribution is 9.10. The molecule has 0 radical (unpaired) electrons. The van der Waals surface area contributed by atoms with Crippen molar-refractivity contribution in [2.75, 3.05) is 19.7 Å². The number of halogens is 1. The molecule has 0 heterocycles. The summed E-state index contributed by atoms with van der Waals surface area (Å²) >= 11 is 3.47. The first-order valence-corrected chi connectivity index (χ1v) is 9.76. The molecule has 0 bridgehead atoms. The van der Waals surface area contributed by atoms with Gasteiger partial charge >= 0.3 is 0 Å². The Morgan fingerprint density at radius 3 is 2.32 bits per heavy atom. The molecule has 0 aromatic heterocycles. The van der Waals surface area contributed by atoms with E-state index in [1.54, 1.807) is 0 Å². The van der Waals surface area contributed by atoms with Gasteiger partial charge < -0.3 is 15.5 Å². The fourth-order valence-corrected chi connectivity index (χ4v) is 3.51. The van der Waals surface area contributed by atoms with E-state index < -0.39 is 5.60 Å². The average Bonchev–Trinajstić information content (AvgIpc) is 2.65. The van der Waals surface area contributed by atoms with Crippen molar-refractivity contribution in [1.29, 1.82) is 0 Å². The number of nitrogens with one attached hydrogen (secondary N) is 1. The minimum Gasteiger partial charge on any atom is -0.396 e. The Bertz CT molecular complexity index is 618. The van der Waals surface area contributed by atoms with Gasteiger partial charge in [0.15, 0.2) is 0 Å². The van der Waals surface area contributed by atoms with Gasteiger partial charge in [0.05, 0.1) is 5.60 Å². The molecule has 0 aliphatic carbocycles. The summed E-state index contributed by atoms with van der Waals surface area (Å²) in [6.07, 6.45) is 2.36. The van der Waals surface area contributed by atoms with Crippen LogP contribution in [0.1, 0.15) is 43.2 Å². The minimum atomic E-state index is -0.938. The number of benzene rings is 2. The summed E-state index contributed by atoms with van der Waals surface area (Å²) in [5, 5.41) is 24.0. The topological polar surface area (TPSA) is 52.5 Å². The summed E-state index contributed by atoms with van der Waals surface area (Å²) in [4.78, 5) is 0. The predicted molar refractivity (Wildman–Crippen MR) is 107 cm³/mol. The number of aliphatic hydroxyl groups excluding tert-OH is 1. The van der Waals surface area contributed by atoms with Crippen LogP contribution in [0.3, 0.4) is 0 Å². The molecular weight excluding hydrogens is 378 g/mol. The second kappa shape index (κ2) is 10.1. The van der Waals surface area contributed by atoms with E-state index in [2.05, 4.69) is 33.4 Å². The molecule has 2 atom stereocenters. The molecule has 3 nitrogen and oxygen atoms in total. The molecule has 136 valence electrons. The SMILES string of the molecule is CC[C@@](O)(c1ccc(Br)cc1)[C@H](CNCCCCO)c1ccccc1. The highest BCUT2D eigenvalue weighted by atomic mass is 79.9. The Hall–Kier alpha value is -1.20. The maximum Gasteiger partial charge on any atom is 0.0974 e. The maximum absolute atomic E-state index is 11.6. The van der Waals surface area contributed by atoms with Crippen LogP contribution in [0.25, 0.3) is 0 Å². The summed E-state index contributed by atoms with van der Waals surface area (Å²) in [7, 11) is 0. The number of rotatable bonds is 10. The van der Waals surface area contributed by atoms with Crippen LogP contribution in [0.4, 0.5) is 0 Å². The lowest BCUT2D eigenvalue weighted by atomic mass is 9.75. The van der Waals surface area contributed by atoms with E-state index in [0.717, 1.165) is 35.0 Å². The van der Waals surface area contributed by atoms with E-state index >= 15 is 0 Å². The third-order valence-corrected chi connectivity index (χ3v) is 5.30. The van der Waals surface area contributed by atoms with Gasteiger partial charge in [0.1, 0.15) is 0 Å². The zero-order valence-electron chi connectivity index (χ0n) is 14.8. The smallest absolute Gasteiger partial charge is 0.0974 e. The molecule has 0 aliphatic rings. The molecule has 2 rings (SSSR count). The normalized spacial score (nSPS) is 14.9. The Morgan fingerprint density at radius 1 is 1.04 bits per heavy atom. The van der Waals surface area contributed by atoms with Gasteiger partial charge in [0.25, 0.3) is 0 Å². The fourth-order valence-electron chi connectivity index (χ4n) is 3.25. The Kier molecular flexibility index (Phi) is 8.10. The Labute approximate surface area is 159 Å². The molecule has 0 spiro atoms. The Morgan fingerprint density at radius 2 is 1.72 bits per heavy atom. The van der Waals surface area contributed by atoms with Crippen LogP contribution in [0.5, 0.6) is 0 Å². The van der Waals surface area contributed by atoms with Crippen LogP contribution >= 0.6 is 15.9 Å². The molecule has 0 unspecified atom stereocenters. The van der Waals surface area contributed by atoms with E-state index in [1.807, 2.05) is 49.4 Å². The number of hydrogen-bond acceptors (Lipinski definition) is 3. The lowest BCUT2D eigenvalue weighted by molar-refractivity contribution is 0.00292. The van der Waals surface area contributed by atoms with E-state index in [4.69, 9.17) is 5.11 Å². The van der Waals surface area contributed by atoms with Gasteiger partial charge in [-0.2, -0.15) is 0 Å². The van der Waals surface area contributed by atoms with Crippen molar-refractivity contribution in [2.24, 2.45) is 0 Å². The average molecular weight is 406 g/mol. The van der Waals surface area contributed by atoms with E-state index in [-0.39, 0.29) is 12.5 Å². The molecule has 25 heavy (non-hydrogen) atoms. The van der Waals surface area contributed by atoms with Crippen LogP contribution in [0.15, 0.2) is 59.1 Å². The molecule has 4 heteroatoms. The summed E-state index contributed by atoms with van der Waals surface area (Å²) in [5.74, 6) is -0.0472. The maximum atomic E-state index is 11.6. The lowest BCUT2D eigenvalue weighted by Gasteiger charge is -2.37.